The Morgan fingerprint density at radius 1 is 0.260 bits per heavy atom. The molecule has 0 N–H and O–H groups in total. The van der Waals surface area contributed by atoms with Crippen LogP contribution in [0.5, 0.6) is 0 Å². The fourth-order valence-corrected chi connectivity index (χ4v) is 7.92. The lowest BCUT2D eigenvalue weighted by Crippen LogP contribution is -1.96. The fourth-order valence-electron chi connectivity index (χ4n) is 7.92. The van der Waals surface area contributed by atoms with Crippen molar-refractivity contribution >= 4 is 43.6 Å². The summed E-state index contributed by atoms with van der Waals surface area (Å²) in [5, 5.41) is 5.02. The molecule has 10 aromatic rings. The Balaban J connectivity index is 1.25. The van der Waals surface area contributed by atoms with E-state index in [0.717, 1.165) is 11.4 Å². The summed E-state index contributed by atoms with van der Waals surface area (Å²) in [7, 11) is 0. The van der Waals surface area contributed by atoms with Crippen molar-refractivity contribution in [2.24, 2.45) is 0 Å². The van der Waals surface area contributed by atoms with Gasteiger partial charge in [0.25, 0.3) is 0 Å². The Kier molecular flexibility index (Phi) is 6.53. The molecule has 0 unspecified atom stereocenters. The quantitative estimate of drug-likeness (QED) is 0.178. The molecule has 10 rings (SSSR count). The van der Waals surface area contributed by atoms with E-state index >= 15 is 0 Å². The van der Waals surface area contributed by atoms with Crippen LogP contribution in [0.3, 0.4) is 0 Å². The molecule has 0 aliphatic heterocycles. The molecule has 0 saturated heterocycles. The monoisotopic (exact) mass is 636 g/mol. The molecule has 0 fully saturated rings. The van der Waals surface area contributed by atoms with Gasteiger partial charge in [0, 0.05) is 32.9 Å². The summed E-state index contributed by atoms with van der Waals surface area (Å²) in [6, 6.07) is 70.3. The smallest absolute Gasteiger partial charge is 0.0547 e. The van der Waals surface area contributed by atoms with Crippen molar-refractivity contribution in [3.63, 3.8) is 0 Å². The second kappa shape index (κ2) is 11.5. The zero-order chi connectivity index (χ0) is 33.0. The summed E-state index contributed by atoms with van der Waals surface area (Å²) in [5.74, 6) is 0. The van der Waals surface area contributed by atoms with E-state index < -0.39 is 0 Å². The number of fused-ring (bicyclic) bond motifs is 6. The van der Waals surface area contributed by atoms with Gasteiger partial charge in [-0.25, -0.2) is 0 Å². The number of rotatable bonds is 5. The molecule has 0 aliphatic carbocycles. The molecule has 2 heterocycles. The summed E-state index contributed by atoms with van der Waals surface area (Å²) >= 11 is 0. The predicted molar refractivity (Wildman–Crippen MR) is 211 cm³/mol. The SMILES string of the molecule is c1ccc(-c2ccc(-n3c4ccc(-n5c6ccccc6c6c(-c7ccccc7)cccc65)cc4c4c(-c5ccccc5)cccc43)cc2)cc1. The minimum absolute atomic E-state index is 1.15. The zero-order valence-corrected chi connectivity index (χ0v) is 27.4. The molecule has 2 heteroatoms. The Hall–Kier alpha value is -6.64. The predicted octanol–water partition coefficient (Wildman–Crippen LogP) is 12.9. The van der Waals surface area contributed by atoms with Gasteiger partial charge in [-0.2, -0.15) is 0 Å². The molecule has 2 nitrogen and oxygen atoms in total. The van der Waals surface area contributed by atoms with Gasteiger partial charge in [0.2, 0.25) is 0 Å². The highest BCUT2D eigenvalue weighted by molar-refractivity contribution is 6.18. The Morgan fingerprint density at radius 3 is 1.32 bits per heavy atom. The molecule has 0 saturated carbocycles. The van der Waals surface area contributed by atoms with E-state index in [0.29, 0.717) is 0 Å². The van der Waals surface area contributed by atoms with Crippen LogP contribution in [0, 0.1) is 0 Å². The standard InChI is InChI=1S/C48H32N2/c1-4-14-33(15-5-1)34-26-28-37(29-27-34)49-44-31-30-38(32-42(44)48-40(22-13-25-46(48)49)36-18-8-3-9-19-36)50-43-23-11-10-20-41(43)47-39(21-12-24-45(47)50)35-16-6-2-7-17-35/h1-32H. The van der Waals surface area contributed by atoms with Crippen LogP contribution in [-0.4, -0.2) is 9.13 Å². The molecule has 0 aliphatic rings. The van der Waals surface area contributed by atoms with Gasteiger partial charge in [-0.05, 0) is 81.9 Å². The van der Waals surface area contributed by atoms with Gasteiger partial charge in [0.1, 0.15) is 0 Å². The lowest BCUT2D eigenvalue weighted by Gasteiger charge is -2.11. The van der Waals surface area contributed by atoms with Crippen molar-refractivity contribution in [2.75, 3.05) is 0 Å². The van der Waals surface area contributed by atoms with Crippen molar-refractivity contribution in [2.45, 2.75) is 0 Å². The molecule has 0 radical (unpaired) electrons. The lowest BCUT2D eigenvalue weighted by molar-refractivity contribution is 1.17. The summed E-state index contributed by atoms with van der Waals surface area (Å²) in [6.45, 7) is 0. The maximum atomic E-state index is 2.44. The first-order chi connectivity index (χ1) is 24.8. The van der Waals surface area contributed by atoms with E-state index in [1.807, 2.05) is 0 Å². The molecule has 0 spiro atoms. The molecule has 234 valence electrons. The number of hydrogen-bond donors (Lipinski definition) is 0. The van der Waals surface area contributed by atoms with Crippen LogP contribution < -0.4 is 0 Å². The van der Waals surface area contributed by atoms with Crippen molar-refractivity contribution in [1.82, 2.24) is 9.13 Å². The van der Waals surface area contributed by atoms with Crippen LogP contribution in [0.4, 0.5) is 0 Å². The summed E-state index contributed by atoms with van der Waals surface area (Å²) in [4.78, 5) is 0. The Labute approximate surface area is 290 Å². The molecular weight excluding hydrogens is 605 g/mol. The van der Waals surface area contributed by atoms with Gasteiger partial charge in [0.15, 0.2) is 0 Å². The maximum Gasteiger partial charge on any atom is 0.0547 e. The first-order valence-corrected chi connectivity index (χ1v) is 17.2. The molecule has 0 bridgehead atoms. The Morgan fingerprint density at radius 2 is 0.700 bits per heavy atom. The summed E-state index contributed by atoms with van der Waals surface area (Å²) < 4.78 is 4.87. The van der Waals surface area contributed by atoms with E-state index in [4.69, 9.17) is 0 Å². The molecule has 0 atom stereocenters. The van der Waals surface area contributed by atoms with E-state index in [1.54, 1.807) is 0 Å². The lowest BCUT2D eigenvalue weighted by atomic mass is 9.99. The molecule has 50 heavy (non-hydrogen) atoms. The molecule has 8 aromatic carbocycles. The number of benzene rings is 8. The number of aromatic nitrogens is 2. The highest BCUT2D eigenvalue weighted by atomic mass is 15.0. The second-order valence-electron chi connectivity index (χ2n) is 12.9. The molecule has 0 amide bonds. The van der Waals surface area contributed by atoms with Crippen molar-refractivity contribution in [3.05, 3.63) is 194 Å². The third kappa shape index (κ3) is 4.43. The molecular formula is C48H32N2. The van der Waals surface area contributed by atoms with E-state index in [1.165, 1.54) is 77.0 Å². The average molecular weight is 637 g/mol. The van der Waals surface area contributed by atoms with E-state index in [-0.39, 0.29) is 0 Å². The van der Waals surface area contributed by atoms with E-state index in [9.17, 15) is 0 Å². The van der Waals surface area contributed by atoms with Gasteiger partial charge >= 0.3 is 0 Å². The fraction of sp³-hybridized carbons (Fsp3) is 0. The number of para-hydroxylation sites is 1. The van der Waals surface area contributed by atoms with Crippen LogP contribution in [0.2, 0.25) is 0 Å². The molecule has 2 aromatic heterocycles. The zero-order valence-electron chi connectivity index (χ0n) is 27.4. The van der Waals surface area contributed by atoms with E-state index in [2.05, 4.69) is 203 Å². The summed E-state index contributed by atoms with van der Waals surface area (Å²) in [5.41, 5.74) is 14.4. The number of hydrogen-bond acceptors (Lipinski definition) is 0. The highest BCUT2D eigenvalue weighted by Gasteiger charge is 2.20. The normalized spacial score (nSPS) is 11.6. The van der Waals surface area contributed by atoms with Gasteiger partial charge in [-0.3, -0.25) is 0 Å². The van der Waals surface area contributed by atoms with Gasteiger partial charge < -0.3 is 9.13 Å². The van der Waals surface area contributed by atoms with Crippen molar-refractivity contribution < 1.29 is 0 Å². The van der Waals surface area contributed by atoms with Crippen LogP contribution in [0.25, 0.3) is 88.4 Å². The Bertz CT molecular complexity index is 2820. The van der Waals surface area contributed by atoms with Crippen LogP contribution >= 0.6 is 0 Å². The van der Waals surface area contributed by atoms with Crippen LogP contribution in [-0.2, 0) is 0 Å². The second-order valence-corrected chi connectivity index (χ2v) is 12.9. The maximum absolute atomic E-state index is 2.44. The minimum atomic E-state index is 1.15. The summed E-state index contributed by atoms with van der Waals surface area (Å²) in [6.07, 6.45) is 0. The first-order valence-electron chi connectivity index (χ1n) is 17.2. The van der Waals surface area contributed by atoms with Crippen molar-refractivity contribution in [1.29, 1.82) is 0 Å². The van der Waals surface area contributed by atoms with Crippen LogP contribution in [0.1, 0.15) is 0 Å². The topological polar surface area (TPSA) is 9.86 Å². The van der Waals surface area contributed by atoms with Gasteiger partial charge in [0.05, 0.1) is 22.1 Å². The third-order valence-corrected chi connectivity index (χ3v) is 10.1. The first kappa shape index (κ1) is 28.4. The highest BCUT2D eigenvalue weighted by Crippen LogP contribution is 2.42. The average Bonchev–Trinajstić information content (AvgIpc) is 3.72. The number of nitrogens with zero attached hydrogens (tertiary/aromatic N) is 2. The third-order valence-electron chi connectivity index (χ3n) is 10.1. The van der Waals surface area contributed by atoms with Gasteiger partial charge in [-0.1, -0.05) is 146 Å². The largest absolute Gasteiger partial charge is 0.309 e. The van der Waals surface area contributed by atoms with Crippen molar-refractivity contribution in [3.8, 4) is 44.8 Å². The van der Waals surface area contributed by atoms with Gasteiger partial charge in [-0.15, -0.1) is 0 Å². The van der Waals surface area contributed by atoms with Crippen LogP contribution in [0.15, 0.2) is 194 Å². The minimum Gasteiger partial charge on any atom is -0.309 e.